The third kappa shape index (κ3) is 5.16. The molecule has 0 aliphatic heterocycles. The zero-order valence-electron chi connectivity index (χ0n) is 18.6. The molecule has 0 fully saturated rings. The predicted molar refractivity (Wildman–Crippen MR) is 118 cm³/mol. The number of rotatable bonds is 10. The molecule has 0 unspecified atom stereocenters. The van der Waals surface area contributed by atoms with E-state index in [1.54, 1.807) is 40.5 Å². The van der Waals surface area contributed by atoms with Crippen molar-refractivity contribution in [2.24, 2.45) is 0 Å². The quantitative estimate of drug-likeness (QED) is 0.481. The Kier molecular flexibility index (Phi) is 6.96. The summed E-state index contributed by atoms with van der Waals surface area (Å²) in [6, 6.07) is 3.68. The maximum absolute atomic E-state index is 13.2. The van der Waals surface area contributed by atoms with Gasteiger partial charge in [0.2, 0.25) is 11.7 Å². The first-order valence-corrected chi connectivity index (χ1v) is 9.99. The molecule has 3 aromatic rings. The van der Waals surface area contributed by atoms with Crippen molar-refractivity contribution >= 4 is 11.8 Å². The summed E-state index contributed by atoms with van der Waals surface area (Å²) in [4.78, 5) is 7.98. The van der Waals surface area contributed by atoms with E-state index < -0.39 is 12.2 Å². The summed E-state index contributed by atoms with van der Waals surface area (Å²) in [6.45, 7) is 3.27. The lowest BCUT2D eigenvalue weighted by Gasteiger charge is -2.19. The van der Waals surface area contributed by atoms with Crippen molar-refractivity contribution in [2.45, 2.75) is 32.2 Å². The molecule has 4 N–H and O–H groups in total. The SMILES string of the molecule is COc1cc(Cc2cnc(N)nc2N)cc(OC)c1OCCc1cn(C(C)(C)CF)nn1. The topological polar surface area (TPSA) is 136 Å². The lowest BCUT2D eigenvalue weighted by molar-refractivity contribution is 0.232. The highest BCUT2D eigenvalue weighted by Gasteiger charge is 2.22. The van der Waals surface area contributed by atoms with Crippen LogP contribution in [0.4, 0.5) is 16.2 Å². The van der Waals surface area contributed by atoms with Crippen LogP contribution >= 0.6 is 0 Å². The summed E-state index contributed by atoms with van der Waals surface area (Å²) in [5.41, 5.74) is 13.1. The van der Waals surface area contributed by atoms with Gasteiger partial charge in [-0.05, 0) is 31.5 Å². The molecule has 11 heteroatoms. The second-order valence-electron chi connectivity index (χ2n) is 7.84. The van der Waals surface area contributed by atoms with Gasteiger partial charge in [0.15, 0.2) is 11.5 Å². The Hall–Kier alpha value is -3.63. The smallest absolute Gasteiger partial charge is 0.221 e. The zero-order valence-corrected chi connectivity index (χ0v) is 18.6. The number of halogens is 1. The van der Waals surface area contributed by atoms with Crippen molar-refractivity contribution < 1.29 is 18.6 Å². The number of nitrogen functional groups attached to an aromatic ring is 2. The van der Waals surface area contributed by atoms with E-state index in [1.807, 2.05) is 12.1 Å². The first kappa shape index (κ1) is 23.0. The summed E-state index contributed by atoms with van der Waals surface area (Å²) in [6.07, 6.45) is 4.26. The molecule has 0 saturated carbocycles. The number of nitrogens with zero attached hydrogens (tertiary/aromatic N) is 5. The summed E-state index contributed by atoms with van der Waals surface area (Å²) in [7, 11) is 3.10. The molecule has 0 atom stereocenters. The number of anilines is 2. The number of hydrogen-bond donors (Lipinski definition) is 2. The Bertz CT molecular complexity index is 1050. The molecular formula is C21H28FN7O3. The number of ether oxygens (including phenoxy) is 3. The Morgan fingerprint density at radius 3 is 2.41 bits per heavy atom. The van der Waals surface area contributed by atoms with Crippen molar-refractivity contribution in [1.29, 1.82) is 0 Å². The van der Waals surface area contributed by atoms with E-state index in [0.29, 0.717) is 48.2 Å². The minimum atomic E-state index is -0.743. The second kappa shape index (κ2) is 9.67. The van der Waals surface area contributed by atoms with Crippen LogP contribution in [0.2, 0.25) is 0 Å². The molecule has 0 amide bonds. The van der Waals surface area contributed by atoms with Gasteiger partial charge >= 0.3 is 0 Å². The van der Waals surface area contributed by atoms with E-state index in [4.69, 9.17) is 25.7 Å². The lowest BCUT2D eigenvalue weighted by atomic mass is 10.1. The molecular weight excluding hydrogens is 417 g/mol. The summed E-state index contributed by atoms with van der Waals surface area (Å²) < 4.78 is 31.7. The lowest BCUT2D eigenvalue weighted by Crippen LogP contribution is -2.29. The molecule has 10 nitrogen and oxygen atoms in total. The number of nitrogens with two attached hydrogens (primary N) is 2. The number of aromatic nitrogens is 5. The molecule has 3 rings (SSSR count). The minimum absolute atomic E-state index is 0.124. The predicted octanol–water partition coefficient (Wildman–Crippen LogP) is 2.17. The van der Waals surface area contributed by atoms with Crippen LogP contribution in [0.1, 0.15) is 30.7 Å². The Balaban J connectivity index is 1.74. The number of hydrogen-bond acceptors (Lipinski definition) is 9. The van der Waals surface area contributed by atoms with Crippen LogP contribution in [-0.4, -0.2) is 52.5 Å². The van der Waals surface area contributed by atoms with Gasteiger partial charge in [0.05, 0.1) is 32.1 Å². The monoisotopic (exact) mass is 445 g/mol. The van der Waals surface area contributed by atoms with Crippen molar-refractivity contribution in [3.05, 3.63) is 41.3 Å². The van der Waals surface area contributed by atoms with Crippen LogP contribution in [0.5, 0.6) is 17.2 Å². The number of benzene rings is 1. The second-order valence-corrected chi connectivity index (χ2v) is 7.84. The van der Waals surface area contributed by atoms with Gasteiger partial charge < -0.3 is 25.7 Å². The van der Waals surface area contributed by atoms with Crippen LogP contribution in [0.3, 0.4) is 0 Å². The Labute approximate surface area is 185 Å². The van der Waals surface area contributed by atoms with Gasteiger partial charge in [0, 0.05) is 30.8 Å². The Morgan fingerprint density at radius 1 is 1.12 bits per heavy atom. The number of alkyl halides is 1. The molecule has 1 aromatic carbocycles. The van der Waals surface area contributed by atoms with Crippen molar-refractivity contribution in [3.63, 3.8) is 0 Å². The van der Waals surface area contributed by atoms with E-state index in [1.165, 1.54) is 4.68 Å². The third-order valence-electron chi connectivity index (χ3n) is 4.92. The van der Waals surface area contributed by atoms with E-state index in [0.717, 1.165) is 11.1 Å². The highest BCUT2D eigenvalue weighted by Crippen LogP contribution is 2.39. The first-order valence-electron chi connectivity index (χ1n) is 9.99. The van der Waals surface area contributed by atoms with Gasteiger partial charge in [-0.1, -0.05) is 5.21 Å². The fourth-order valence-electron chi connectivity index (χ4n) is 3.00. The van der Waals surface area contributed by atoms with Crippen molar-refractivity contribution in [2.75, 3.05) is 39.0 Å². The molecule has 2 heterocycles. The van der Waals surface area contributed by atoms with Crippen LogP contribution in [-0.2, 0) is 18.4 Å². The number of methoxy groups -OCH3 is 2. The average molecular weight is 445 g/mol. The minimum Gasteiger partial charge on any atom is -0.493 e. The van der Waals surface area contributed by atoms with Gasteiger partial charge in [-0.15, -0.1) is 5.10 Å². The molecule has 32 heavy (non-hydrogen) atoms. The first-order chi connectivity index (χ1) is 15.3. The van der Waals surface area contributed by atoms with E-state index >= 15 is 0 Å². The normalized spacial score (nSPS) is 11.4. The molecule has 0 aliphatic rings. The molecule has 172 valence electrons. The highest BCUT2D eigenvalue weighted by molar-refractivity contribution is 5.55. The van der Waals surface area contributed by atoms with Gasteiger partial charge in [-0.3, -0.25) is 0 Å². The maximum atomic E-state index is 13.2. The van der Waals surface area contributed by atoms with Crippen LogP contribution < -0.4 is 25.7 Å². The standard InChI is InChI=1S/C21H28FN7O3/c1-21(2,12-22)29-11-15(27-28-29)5-6-32-18-16(30-3)8-13(9-17(18)31-4)7-14-10-25-20(24)26-19(14)23/h8-11H,5-7,12H2,1-4H3,(H4,23,24,25,26). The zero-order chi connectivity index (χ0) is 23.3. The van der Waals surface area contributed by atoms with Gasteiger partial charge in [0.1, 0.15) is 12.5 Å². The van der Waals surface area contributed by atoms with E-state index in [2.05, 4.69) is 20.3 Å². The van der Waals surface area contributed by atoms with Gasteiger partial charge in [-0.25, -0.2) is 14.1 Å². The molecule has 0 saturated heterocycles. The van der Waals surface area contributed by atoms with Crippen LogP contribution in [0.15, 0.2) is 24.5 Å². The fraction of sp³-hybridized carbons (Fsp3) is 0.429. The molecule has 0 bridgehead atoms. The van der Waals surface area contributed by atoms with Gasteiger partial charge in [-0.2, -0.15) is 4.98 Å². The Morgan fingerprint density at radius 2 is 1.81 bits per heavy atom. The fourth-order valence-corrected chi connectivity index (χ4v) is 3.00. The molecule has 0 spiro atoms. The van der Waals surface area contributed by atoms with E-state index in [9.17, 15) is 4.39 Å². The average Bonchev–Trinajstić information content (AvgIpc) is 3.26. The van der Waals surface area contributed by atoms with Crippen molar-refractivity contribution in [1.82, 2.24) is 25.0 Å². The van der Waals surface area contributed by atoms with Gasteiger partial charge in [0.25, 0.3) is 0 Å². The van der Waals surface area contributed by atoms with Crippen LogP contribution in [0.25, 0.3) is 0 Å². The highest BCUT2D eigenvalue weighted by atomic mass is 19.1. The largest absolute Gasteiger partial charge is 0.493 e. The van der Waals surface area contributed by atoms with Crippen LogP contribution in [0, 0.1) is 0 Å². The summed E-state index contributed by atoms with van der Waals surface area (Å²) >= 11 is 0. The molecule has 0 radical (unpaired) electrons. The molecule has 0 aliphatic carbocycles. The van der Waals surface area contributed by atoms with Crippen molar-refractivity contribution in [3.8, 4) is 17.2 Å². The third-order valence-corrected chi connectivity index (χ3v) is 4.92. The molecule has 2 aromatic heterocycles. The summed E-state index contributed by atoms with van der Waals surface area (Å²) in [5, 5.41) is 8.10. The summed E-state index contributed by atoms with van der Waals surface area (Å²) in [5.74, 6) is 1.93. The van der Waals surface area contributed by atoms with E-state index in [-0.39, 0.29) is 5.95 Å². The maximum Gasteiger partial charge on any atom is 0.221 e.